The number of rotatable bonds is 6. The minimum Gasteiger partial charge on any atom is -0.390 e. The van der Waals surface area contributed by atoms with E-state index < -0.39 is 18.2 Å². The molecule has 1 aliphatic carbocycles. The van der Waals surface area contributed by atoms with Gasteiger partial charge in [-0.15, -0.1) is 5.10 Å². The summed E-state index contributed by atoms with van der Waals surface area (Å²) in [7, 11) is 3.91. The van der Waals surface area contributed by atoms with Crippen LogP contribution in [0.25, 0.3) is 0 Å². The van der Waals surface area contributed by atoms with E-state index >= 15 is 0 Å². The standard InChI is InChI=1S/C15H27N5O3/c1-9(2)15(23)16-12-5-10(13(21)14(12)22)6-20-8-11(17-18-20)7-19(3)4/h8-10,12-14,21-22H,5-7H2,1-4H3,(H,16,23). The molecule has 3 N–H and O–H groups in total. The van der Waals surface area contributed by atoms with Gasteiger partial charge in [0.15, 0.2) is 0 Å². The lowest BCUT2D eigenvalue weighted by Gasteiger charge is -2.19. The average molecular weight is 325 g/mol. The van der Waals surface area contributed by atoms with Crippen molar-refractivity contribution in [2.24, 2.45) is 11.8 Å². The number of aliphatic hydroxyl groups excluding tert-OH is 2. The molecule has 8 heteroatoms. The van der Waals surface area contributed by atoms with E-state index in [1.165, 1.54) is 0 Å². The Hall–Kier alpha value is -1.51. The Bertz CT molecular complexity index is 531. The van der Waals surface area contributed by atoms with Gasteiger partial charge in [-0.2, -0.15) is 0 Å². The van der Waals surface area contributed by atoms with Crippen LogP contribution in [0.4, 0.5) is 0 Å². The molecule has 4 unspecified atom stereocenters. The SMILES string of the molecule is CC(C)C(=O)NC1CC(Cn2cc(CN(C)C)nn2)C(O)C1O. The lowest BCUT2D eigenvalue weighted by atomic mass is 10.1. The molecule has 1 saturated carbocycles. The first-order valence-electron chi connectivity index (χ1n) is 7.98. The molecule has 1 amide bonds. The predicted octanol–water partition coefficient (Wildman–Crippen LogP) is -0.778. The number of nitrogens with one attached hydrogen (secondary N) is 1. The highest BCUT2D eigenvalue weighted by Gasteiger charge is 2.42. The summed E-state index contributed by atoms with van der Waals surface area (Å²) in [5.74, 6) is -0.436. The Kier molecular flexibility index (Phi) is 5.72. The maximum Gasteiger partial charge on any atom is 0.222 e. The third-order valence-corrected chi connectivity index (χ3v) is 4.14. The molecule has 2 rings (SSSR count). The number of amides is 1. The summed E-state index contributed by atoms with van der Waals surface area (Å²) < 4.78 is 1.69. The largest absolute Gasteiger partial charge is 0.390 e. The quantitative estimate of drug-likeness (QED) is 0.634. The van der Waals surface area contributed by atoms with E-state index in [1.807, 2.05) is 25.2 Å². The van der Waals surface area contributed by atoms with Crippen molar-refractivity contribution in [3.63, 3.8) is 0 Å². The first-order valence-corrected chi connectivity index (χ1v) is 7.98. The fourth-order valence-electron chi connectivity index (χ4n) is 2.86. The summed E-state index contributed by atoms with van der Waals surface area (Å²) in [5.41, 5.74) is 0.854. The Morgan fingerprint density at radius 3 is 2.74 bits per heavy atom. The molecular weight excluding hydrogens is 298 g/mol. The number of hydrogen-bond acceptors (Lipinski definition) is 6. The zero-order valence-electron chi connectivity index (χ0n) is 14.2. The third kappa shape index (κ3) is 4.49. The molecule has 0 aliphatic heterocycles. The molecule has 1 aromatic rings. The number of nitrogens with zero attached hydrogens (tertiary/aromatic N) is 4. The van der Waals surface area contributed by atoms with Crippen molar-refractivity contribution in [2.45, 2.75) is 51.6 Å². The van der Waals surface area contributed by atoms with E-state index in [1.54, 1.807) is 18.5 Å². The van der Waals surface area contributed by atoms with Crippen LogP contribution in [0.1, 0.15) is 26.0 Å². The van der Waals surface area contributed by atoms with Crippen molar-refractivity contribution < 1.29 is 15.0 Å². The maximum absolute atomic E-state index is 11.8. The molecule has 0 bridgehead atoms. The van der Waals surface area contributed by atoms with Crippen LogP contribution in [0.2, 0.25) is 0 Å². The average Bonchev–Trinajstić information content (AvgIpc) is 2.99. The monoisotopic (exact) mass is 325 g/mol. The Morgan fingerprint density at radius 2 is 2.13 bits per heavy atom. The fourth-order valence-corrected chi connectivity index (χ4v) is 2.86. The maximum atomic E-state index is 11.8. The van der Waals surface area contributed by atoms with Crippen molar-refractivity contribution in [3.05, 3.63) is 11.9 Å². The minimum atomic E-state index is -0.951. The van der Waals surface area contributed by atoms with E-state index in [9.17, 15) is 15.0 Å². The topological polar surface area (TPSA) is 104 Å². The van der Waals surface area contributed by atoms with Gasteiger partial charge in [0.25, 0.3) is 0 Å². The van der Waals surface area contributed by atoms with Crippen LogP contribution < -0.4 is 5.32 Å². The lowest BCUT2D eigenvalue weighted by Crippen LogP contribution is -2.44. The van der Waals surface area contributed by atoms with E-state index in [0.717, 1.165) is 5.69 Å². The van der Waals surface area contributed by atoms with Crippen molar-refractivity contribution in [2.75, 3.05) is 14.1 Å². The van der Waals surface area contributed by atoms with Crippen LogP contribution >= 0.6 is 0 Å². The molecule has 0 radical (unpaired) electrons. The van der Waals surface area contributed by atoms with Crippen LogP contribution in [0.15, 0.2) is 6.20 Å². The second-order valence-electron chi connectivity index (χ2n) is 6.92. The summed E-state index contributed by atoms with van der Waals surface area (Å²) in [5, 5.41) is 31.3. The molecule has 130 valence electrons. The van der Waals surface area contributed by atoms with Gasteiger partial charge < -0.3 is 20.4 Å². The highest BCUT2D eigenvalue weighted by atomic mass is 16.3. The molecule has 1 aromatic heterocycles. The van der Waals surface area contributed by atoms with Gasteiger partial charge in [-0.05, 0) is 20.5 Å². The summed E-state index contributed by atoms with van der Waals surface area (Å²) in [6.07, 6.45) is 0.532. The number of carbonyl (C=O) groups is 1. The Morgan fingerprint density at radius 1 is 1.43 bits per heavy atom. The second-order valence-corrected chi connectivity index (χ2v) is 6.92. The molecule has 23 heavy (non-hydrogen) atoms. The van der Waals surface area contributed by atoms with E-state index in [4.69, 9.17) is 0 Å². The van der Waals surface area contributed by atoms with E-state index in [-0.39, 0.29) is 17.7 Å². The summed E-state index contributed by atoms with van der Waals surface area (Å²) in [6.45, 7) is 4.76. The predicted molar refractivity (Wildman–Crippen MR) is 84.3 cm³/mol. The fraction of sp³-hybridized carbons (Fsp3) is 0.800. The van der Waals surface area contributed by atoms with Gasteiger partial charge in [0.1, 0.15) is 6.10 Å². The van der Waals surface area contributed by atoms with E-state index in [2.05, 4.69) is 15.6 Å². The number of carbonyl (C=O) groups excluding carboxylic acids is 1. The molecule has 1 aliphatic rings. The first-order chi connectivity index (χ1) is 10.8. The van der Waals surface area contributed by atoms with Gasteiger partial charge in [0, 0.05) is 31.1 Å². The van der Waals surface area contributed by atoms with E-state index in [0.29, 0.717) is 19.5 Å². The molecule has 0 saturated heterocycles. The molecule has 1 heterocycles. The number of aromatic nitrogens is 3. The third-order valence-electron chi connectivity index (χ3n) is 4.14. The second kappa shape index (κ2) is 7.37. The van der Waals surface area contributed by atoms with Crippen LogP contribution in [0.5, 0.6) is 0 Å². The molecule has 0 spiro atoms. The van der Waals surface area contributed by atoms with Crippen molar-refractivity contribution in [3.8, 4) is 0 Å². The molecule has 8 nitrogen and oxygen atoms in total. The molecule has 0 aromatic carbocycles. The van der Waals surface area contributed by atoms with Gasteiger partial charge in [-0.3, -0.25) is 9.48 Å². The van der Waals surface area contributed by atoms with Gasteiger partial charge in [0.05, 0.1) is 17.8 Å². The van der Waals surface area contributed by atoms with Crippen LogP contribution in [0.3, 0.4) is 0 Å². The first kappa shape index (κ1) is 17.8. The molecule has 1 fully saturated rings. The number of hydrogen-bond donors (Lipinski definition) is 3. The zero-order valence-corrected chi connectivity index (χ0v) is 14.2. The van der Waals surface area contributed by atoms with Gasteiger partial charge in [0.2, 0.25) is 5.91 Å². The normalized spacial score (nSPS) is 27.8. The van der Waals surface area contributed by atoms with Gasteiger partial charge in [-0.1, -0.05) is 19.1 Å². The zero-order chi connectivity index (χ0) is 17.1. The summed E-state index contributed by atoms with van der Waals surface area (Å²) in [6, 6.07) is -0.422. The molecular formula is C15H27N5O3. The highest BCUT2D eigenvalue weighted by Crippen LogP contribution is 2.28. The van der Waals surface area contributed by atoms with Crippen LogP contribution in [-0.2, 0) is 17.9 Å². The van der Waals surface area contributed by atoms with Crippen molar-refractivity contribution in [1.82, 2.24) is 25.2 Å². The summed E-state index contributed by atoms with van der Waals surface area (Å²) in [4.78, 5) is 13.8. The lowest BCUT2D eigenvalue weighted by molar-refractivity contribution is -0.125. The van der Waals surface area contributed by atoms with Crippen molar-refractivity contribution in [1.29, 1.82) is 0 Å². The van der Waals surface area contributed by atoms with Crippen LogP contribution in [-0.4, -0.2) is 68.4 Å². The molecule has 4 atom stereocenters. The van der Waals surface area contributed by atoms with Crippen LogP contribution in [0, 0.1) is 11.8 Å². The Balaban J connectivity index is 1.95. The minimum absolute atomic E-state index is 0.115. The smallest absolute Gasteiger partial charge is 0.222 e. The Labute approximate surface area is 136 Å². The van der Waals surface area contributed by atoms with Crippen molar-refractivity contribution >= 4 is 5.91 Å². The van der Waals surface area contributed by atoms with Gasteiger partial charge in [-0.25, -0.2) is 0 Å². The number of aliphatic hydroxyl groups is 2. The summed E-state index contributed by atoms with van der Waals surface area (Å²) >= 11 is 0. The highest BCUT2D eigenvalue weighted by molar-refractivity contribution is 5.78. The van der Waals surface area contributed by atoms with Gasteiger partial charge >= 0.3 is 0 Å².